The first-order valence-electron chi connectivity index (χ1n) is 15.9. The smallest absolute Gasteiger partial charge is 0.126 e. The topological polar surface area (TPSA) is 34.3 Å². The number of benzene rings is 3. The molecule has 6 rings (SSSR count). The Bertz CT molecular complexity index is 1330. The molecular formula is C38H48O3. The molecule has 2 aliphatic heterocycles. The predicted molar refractivity (Wildman–Crippen MR) is 167 cm³/mol. The van der Waals surface area contributed by atoms with Crippen LogP contribution in [0.3, 0.4) is 0 Å². The Hall–Kier alpha value is -2.62. The van der Waals surface area contributed by atoms with Crippen molar-refractivity contribution in [1.29, 1.82) is 0 Å². The molecule has 218 valence electrons. The summed E-state index contributed by atoms with van der Waals surface area (Å²) >= 11 is 0. The van der Waals surface area contributed by atoms with E-state index in [1.165, 1.54) is 59.1 Å². The summed E-state index contributed by atoms with van der Waals surface area (Å²) in [7, 11) is 0. The summed E-state index contributed by atoms with van der Waals surface area (Å²) in [6.07, 6.45) is 10.1. The van der Waals surface area contributed by atoms with Crippen LogP contribution < -0.4 is 4.74 Å². The van der Waals surface area contributed by atoms with Crippen LogP contribution in [-0.4, -0.2) is 32.0 Å². The fourth-order valence-electron chi connectivity index (χ4n) is 6.60. The number of ether oxygens (including phenoxy) is 3. The van der Waals surface area contributed by atoms with Crippen LogP contribution in [0, 0.1) is 5.92 Å². The van der Waals surface area contributed by atoms with Gasteiger partial charge >= 0.3 is 0 Å². The maximum atomic E-state index is 6.69. The monoisotopic (exact) mass is 552 g/mol. The molecule has 2 unspecified atom stereocenters. The van der Waals surface area contributed by atoms with Gasteiger partial charge in [-0.3, -0.25) is 0 Å². The Morgan fingerprint density at radius 1 is 0.634 bits per heavy atom. The van der Waals surface area contributed by atoms with Gasteiger partial charge in [0, 0.05) is 5.56 Å². The molecular weight excluding hydrogens is 504 g/mol. The molecule has 1 aliphatic carbocycles. The maximum Gasteiger partial charge on any atom is 0.126 e. The minimum absolute atomic E-state index is 0.0344. The molecule has 3 aliphatic rings. The van der Waals surface area contributed by atoms with E-state index < -0.39 is 0 Å². The van der Waals surface area contributed by atoms with Gasteiger partial charge in [-0.1, -0.05) is 107 Å². The van der Waals surface area contributed by atoms with Crippen LogP contribution in [0.4, 0.5) is 0 Å². The number of hydrogen-bond donors (Lipinski definition) is 0. The molecule has 3 fully saturated rings. The van der Waals surface area contributed by atoms with Gasteiger partial charge in [0.25, 0.3) is 0 Å². The van der Waals surface area contributed by atoms with Gasteiger partial charge in [0.2, 0.25) is 0 Å². The van der Waals surface area contributed by atoms with Gasteiger partial charge < -0.3 is 14.2 Å². The third-order valence-electron chi connectivity index (χ3n) is 9.43. The molecule has 0 spiro atoms. The highest BCUT2D eigenvalue weighted by Crippen LogP contribution is 2.42. The molecule has 3 heteroatoms. The van der Waals surface area contributed by atoms with E-state index in [-0.39, 0.29) is 16.9 Å². The quantitative estimate of drug-likeness (QED) is 0.178. The lowest BCUT2D eigenvalue weighted by molar-refractivity contribution is 0.254. The molecule has 3 aromatic rings. The molecule has 1 saturated carbocycles. The van der Waals surface area contributed by atoms with E-state index in [0.717, 1.165) is 50.6 Å². The summed E-state index contributed by atoms with van der Waals surface area (Å²) < 4.78 is 17.8. The molecule has 2 saturated heterocycles. The number of hydrogen-bond acceptors (Lipinski definition) is 3. The highest BCUT2D eigenvalue weighted by molar-refractivity contribution is 5.49. The Kier molecular flexibility index (Phi) is 8.30. The summed E-state index contributed by atoms with van der Waals surface area (Å²) in [6, 6.07) is 25.0. The zero-order valence-corrected chi connectivity index (χ0v) is 25.6. The normalized spacial score (nSPS) is 20.2. The SMILES string of the molecule is CC(C)(Cc1cccc(C(C)(C)Cc2ccccc2CCC2CC2)c1OCC1CO1)c1ccccc1CCC1CO1. The van der Waals surface area contributed by atoms with E-state index in [1.54, 1.807) is 0 Å². The van der Waals surface area contributed by atoms with E-state index in [9.17, 15) is 0 Å². The highest BCUT2D eigenvalue weighted by atomic mass is 16.6. The maximum absolute atomic E-state index is 6.69. The first-order chi connectivity index (χ1) is 19.8. The summed E-state index contributed by atoms with van der Waals surface area (Å²) in [5.74, 6) is 2.02. The summed E-state index contributed by atoms with van der Waals surface area (Å²) in [5, 5.41) is 0. The van der Waals surface area contributed by atoms with Crippen LogP contribution in [0.1, 0.15) is 86.8 Å². The molecule has 3 aromatic carbocycles. The fraction of sp³-hybridized carbons (Fsp3) is 0.526. The van der Waals surface area contributed by atoms with Gasteiger partial charge in [0.05, 0.1) is 19.3 Å². The van der Waals surface area contributed by atoms with Crippen LogP contribution in [-0.2, 0) is 46.0 Å². The van der Waals surface area contributed by atoms with E-state index in [1.807, 2.05) is 0 Å². The van der Waals surface area contributed by atoms with Crippen molar-refractivity contribution >= 4 is 0 Å². The molecule has 2 heterocycles. The third-order valence-corrected chi connectivity index (χ3v) is 9.43. The predicted octanol–water partition coefficient (Wildman–Crippen LogP) is 8.18. The first kappa shape index (κ1) is 28.5. The Balaban J connectivity index is 1.28. The highest BCUT2D eigenvalue weighted by Gasteiger charge is 2.33. The van der Waals surface area contributed by atoms with E-state index >= 15 is 0 Å². The second kappa shape index (κ2) is 11.9. The Morgan fingerprint density at radius 2 is 1.20 bits per heavy atom. The molecule has 3 nitrogen and oxygen atoms in total. The molecule has 0 bridgehead atoms. The Morgan fingerprint density at radius 3 is 1.90 bits per heavy atom. The van der Waals surface area contributed by atoms with Crippen molar-refractivity contribution in [2.24, 2.45) is 5.92 Å². The first-order valence-corrected chi connectivity index (χ1v) is 15.9. The van der Waals surface area contributed by atoms with Gasteiger partial charge in [-0.25, -0.2) is 0 Å². The second-order valence-corrected chi connectivity index (χ2v) is 14.1. The molecule has 0 radical (unpaired) electrons. The van der Waals surface area contributed by atoms with E-state index in [2.05, 4.69) is 94.4 Å². The number of para-hydroxylation sites is 1. The van der Waals surface area contributed by atoms with Crippen LogP contribution >= 0.6 is 0 Å². The van der Waals surface area contributed by atoms with Crippen LogP contribution in [0.5, 0.6) is 5.75 Å². The van der Waals surface area contributed by atoms with Crippen LogP contribution in [0.2, 0.25) is 0 Å². The van der Waals surface area contributed by atoms with Crippen LogP contribution in [0.25, 0.3) is 0 Å². The lowest BCUT2D eigenvalue weighted by Crippen LogP contribution is -2.26. The fourth-order valence-corrected chi connectivity index (χ4v) is 6.60. The van der Waals surface area contributed by atoms with Crippen molar-refractivity contribution in [2.75, 3.05) is 19.8 Å². The molecule has 2 atom stereocenters. The largest absolute Gasteiger partial charge is 0.490 e. The van der Waals surface area contributed by atoms with Gasteiger partial charge in [-0.05, 0) is 83.1 Å². The zero-order valence-electron chi connectivity index (χ0n) is 25.6. The second-order valence-electron chi connectivity index (χ2n) is 14.1. The number of aryl methyl sites for hydroxylation is 2. The van der Waals surface area contributed by atoms with Gasteiger partial charge in [0.1, 0.15) is 18.5 Å². The zero-order chi connectivity index (χ0) is 28.5. The van der Waals surface area contributed by atoms with Crippen molar-refractivity contribution < 1.29 is 14.2 Å². The molecule has 0 amide bonds. The molecule has 41 heavy (non-hydrogen) atoms. The van der Waals surface area contributed by atoms with Crippen molar-refractivity contribution in [3.63, 3.8) is 0 Å². The summed E-state index contributed by atoms with van der Waals surface area (Å²) in [4.78, 5) is 0. The lowest BCUT2D eigenvalue weighted by Gasteiger charge is -2.33. The minimum Gasteiger partial charge on any atom is -0.490 e. The van der Waals surface area contributed by atoms with Crippen molar-refractivity contribution in [3.8, 4) is 5.75 Å². The van der Waals surface area contributed by atoms with Crippen molar-refractivity contribution in [3.05, 3.63) is 100 Å². The number of epoxide rings is 2. The van der Waals surface area contributed by atoms with Gasteiger partial charge in [0.15, 0.2) is 0 Å². The third kappa shape index (κ3) is 7.43. The van der Waals surface area contributed by atoms with Crippen molar-refractivity contribution in [2.45, 2.75) is 102 Å². The van der Waals surface area contributed by atoms with E-state index in [0.29, 0.717) is 12.7 Å². The Labute approximate surface area is 247 Å². The average Bonchev–Trinajstić information content (AvgIpc) is 3.80. The summed E-state index contributed by atoms with van der Waals surface area (Å²) in [5.41, 5.74) is 8.38. The molecule has 0 N–H and O–H groups in total. The summed E-state index contributed by atoms with van der Waals surface area (Å²) in [6.45, 7) is 11.9. The van der Waals surface area contributed by atoms with Gasteiger partial charge in [-0.2, -0.15) is 0 Å². The minimum atomic E-state index is -0.0717. The van der Waals surface area contributed by atoms with Crippen LogP contribution in [0.15, 0.2) is 66.7 Å². The van der Waals surface area contributed by atoms with Crippen molar-refractivity contribution in [1.82, 2.24) is 0 Å². The standard InChI is InChI=1S/C38H48O3/c1-37(2,34-14-8-7-11-29(34)20-21-32-24-39-32)23-31-13-9-15-35(36(31)41-26-33-25-40-33)38(3,4)22-30-12-6-5-10-28(30)19-18-27-16-17-27/h5-15,27,32-33H,16-26H2,1-4H3. The molecule has 0 aromatic heterocycles. The number of rotatable bonds is 15. The van der Waals surface area contributed by atoms with E-state index in [4.69, 9.17) is 14.2 Å². The average molecular weight is 553 g/mol. The van der Waals surface area contributed by atoms with Gasteiger partial charge in [-0.15, -0.1) is 0 Å². The lowest BCUT2D eigenvalue weighted by atomic mass is 9.73.